The van der Waals surface area contributed by atoms with Crippen molar-refractivity contribution < 1.29 is 0 Å². The molecule has 0 fully saturated rings. The van der Waals surface area contributed by atoms with Crippen LogP contribution in [0.4, 0.5) is 0 Å². The normalized spacial score (nSPS) is 11.9. The van der Waals surface area contributed by atoms with E-state index in [0.29, 0.717) is 4.05 Å². The molecule has 0 amide bonds. The van der Waals surface area contributed by atoms with Crippen molar-refractivity contribution in [2.75, 3.05) is 0 Å². The Bertz CT molecular complexity index is 105. The lowest BCUT2D eigenvalue weighted by molar-refractivity contribution is 0.684. The van der Waals surface area contributed by atoms with Crippen LogP contribution in [0.25, 0.3) is 0 Å². The molecule has 0 aromatic rings. The molecule has 0 aliphatic carbocycles. The Kier molecular flexibility index (Phi) is 5.09. The highest BCUT2D eigenvalue weighted by molar-refractivity contribution is 14.1. The molecular weight excluding hydrogens is 328 g/mol. The van der Waals surface area contributed by atoms with Gasteiger partial charge in [-0.25, -0.2) is 0 Å². The highest BCUT2D eigenvalue weighted by atomic mass is 127. The molecule has 0 unspecified atom stereocenters. The van der Waals surface area contributed by atoms with Crippen LogP contribution < -0.4 is 0 Å². The molecular formula is C5H7I2N. The number of hydrogen-bond acceptors (Lipinski definition) is 1. The van der Waals surface area contributed by atoms with E-state index in [-0.39, 0.29) is 0 Å². The summed E-state index contributed by atoms with van der Waals surface area (Å²) in [5.74, 6) is 0. The fourth-order valence-corrected chi connectivity index (χ4v) is 0.548. The SMILES string of the molecule is C=C=CN(I)[C@H](C)I. The molecule has 0 saturated carbocycles. The fourth-order valence-electron chi connectivity index (χ4n) is 0.190. The minimum absolute atomic E-state index is 0.502. The van der Waals surface area contributed by atoms with Crippen molar-refractivity contribution in [2.24, 2.45) is 0 Å². The summed E-state index contributed by atoms with van der Waals surface area (Å²) < 4.78 is 2.51. The molecule has 0 rings (SSSR count). The van der Waals surface area contributed by atoms with Gasteiger partial charge in [0.1, 0.15) is 0 Å². The standard InChI is InChI=1S/C5H7I2N/c1-3-4-8(7)5(2)6/h4-5H,1H2,2H3/t5-/m1/s1. The van der Waals surface area contributed by atoms with Crippen molar-refractivity contribution in [1.29, 1.82) is 0 Å². The largest absolute Gasteiger partial charge is 0.302 e. The third-order valence-electron chi connectivity index (χ3n) is 0.555. The first-order chi connectivity index (χ1) is 3.68. The molecule has 0 aromatic carbocycles. The summed E-state index contributed by atoms with van der Waals surface area (Å²) in [6.07, 6.45) is 1.82. The fraction of sp³-hybridized carbons (Fsp3) is 0.400. The maximum absolute atomic E-state index is 3.45. The quantitative estimate of drug-likeness (QED) is 0.247. The van der Waals surface area contributed by atoms with Crippen LogP contribution in [-0.2, 0) is 0 Å². The van der Waals surface area contributed by atoms with Crippen LogP contribution in [0.5, 0.6) is 0 Å². The van der Waals surface area contributed by atoms with Crippen LogP contribution in [0.15, 0.2) is 18.5 Å². The Morgan fingerprint density at radius 1 is 1.88 bits per heavy atom. The Hall–Kier alpha value is 0.780. The molecule has 0 bridgehead atoms. The van der Waals surface area contributed by atoms with Gasteiger partial charge in [-0.15, -0.1) is 5.73 Å². The predicted molar refractivity (Wildman–Crippen MR) is 53.1 cm³/mol. The average molecular weight is 335 g/mol. The monoisotopic (exact) mass is 335 g/mol. The Morgan fingerprint density at radius 2 is 2.38 bits per heavy atom. The van der Waals surface area contributed by atoms with Crippen LogP contribution in [0.1, 0.15) is 6.92 Å². The van der Waals surface area contributed by atoms with E-state index in [1.807, 2.05) is 9.31 Å². The van der Waals surface area contributed by atoms with Crippen molar-refractivity contribution in [3.63, 3.8) is 0 Å². The zero-order chi connectivity index (χ0) is 6.57. The minimum Gasteiger partial charge on any atom is -0.302 e. The molecule has 1 atom stereocenters. The van der Waals surface area contributed by atoms with Gasteiger partial charge in [-0.2, -0.15) is 0 Å². The van der Waals surface area contributed by atoms with E-state index >= 15 is 0 Å². The summed E-state index contributed by atoms with van der Waals surface area (Å²) in [6.45, 7) is 5.55. The molecule has 0 N–H and O–H groups in total. The van der Waals surface area contributed by atoms with Gasteiger partial charge in [0.15, 0.2) is 0 Å². The Labute approximate surface area is 77.5 Å². The minimum atomic E-state index is 0.502. The first-order valence-electron chi connectivity index (χ1n) is 2.12. The summed E-state index contributed by atoms with van der Waals surface area (Å²) in [7, 11) is 0. The molecule has 0 saturated heterocycles. The third-order valence-corrected chi connectivity index (χ3v) is 3.33. The van der Waals surface area contributed by atoms with Crippen LogP contribution in [-0.4, -0.2) is 7.16 Å². The molecule has 46 valence electrons. The second-order valence-corrected chi connectivity index (χ2v) is 4.17. The average Bonchev–Trinajstić information content (AvgIpc) is 1.67. The van der Waals surface area contributed by atoms with Crippen molar-refractivity contribution >= 4 is 45.5 Å². The smallest absolute Gasteiger partial charge is 0.0876 e. The zero-order valence-electron chi connectivity index (χ0n) is 4.56. The van der Waals surface area contributed by atoms with E-state index in [0.717, 1.165) is 0 Å². The maximum atomic E-state index is 3.45. The predicted octanol–water partition coefficient (Wildman–Crippen LogP) is 2.72. The molecule has 8 heavy (non-hydrogen) atoms. The highest BCUT2D eigenvalue weighted by Crippen LogP contribution is 2.11. The van der Waals surface area contributed by atoms with Gasteiger partial charge in [0, 0.05) is 0 Å². The van der Waals surface area contributed by atoms with Gasteiger partial charge >= 0.3 is 0 Å². The number of alkyl halides is 1. The van der Waals surface area contributed by atoms with Gasteiger partial charge in [-0.1, -0.05) is 29.2 Å². The van der Waals surface area contributed by atoms with Crippen molar-refractivity contribution in [1.82, 2.24) is 3.11 Å². The van der Waals surface area contributed by atoms with E-state index < -0.39 is 0 Å². The van der Waals surface area contributed by atoms with Crippen molar-refractivity contribution in [3.05, 3.63) is 18.5 Å². The van der Waals surface area contributed by atoms with E-state index in [1.165, 1.54) is 0 Å². The van der Waals surface area contributed by atoms with Crippen LogP contribution >= 0.6 is 45.5 Å². The molecule has 0 heterocycles. The number of nitrogens with zero attached hydrogens (tertiary/aromatic N) is 1. The van der Waals surface area contributed by atoms with Crippen LogP contribution in [0, 0.1) is 0 Å². The molecule has 0 aliphatic heterocycles. The highest BCUT2D eigenvalue weighted by Gasteiger charge is 1.97. The summed E-state index contributed by atoms with van der Waals surface area (Å²) in [4.78, 5) is 0. The van der Waals surface area contributed by atoms with Gasteiger partial charge in [-0.3, -0.25) is 0 Å². The summed E-state index contributed by atoms with van der Waals surface area (Å²) >= 11 is 4.51. The van der Waals surface area contributed by atoms with Gasteiger partial charge in [0.25, 0.3) is 0 Å². The van der Waals surface area contributed by atoms with Gasteiger partial charge in [0.2, 0.25) is 0 Å². The number of hydrogen-bond donors (Lipinski definition) is 0. The lowest BCUT2D eigenvalue weighted by atomic mass is 10.7. The molecule has 0 aliphatic rings. The maximum Gasteiger partial charge on any atom is 0.0876 e. The molecule has 0 aromatic heterocycles. The second kappa shape index (κ2) is 4.64. The lowest BCUT2D eigenvalue weighted by Gasteiger charge is -2.11. The van der Waals surface area contributed by atoms with Gasteiger partial charge in [0.05, 0.1) is 33.1 Å². The summed E-state index contributed by atoms with van der Waals surface area (Å²) in [6, 6.07) is 0. The molecule has 3 heteroatoms. The topological polar surface area (TPSA) is 3.24 Å². The van der Waals surface area contributed by atoms with E-state index in [9.17, 15) is 0 Å². The second-order valence-electron chi connectivity index (χ2n) is 1.25. The lowest BCUT2D eigenvalue weighted by Crippen LogP contribution is -2.08. The Morgan fingerprint density at radius 3 is 2.50 bits per heavy atom. The third kappa shape index (κ3) is 3.74. The van der Waals surface area contributed by atoms with Crippen molar-refractivity contribution in [2.45, 2.75) is 11.0 Å². The van der Waals surface area contributed by atoms with Gasteiger partial charge in [-0.05, 0) is 6.92 Å². The molecule has 0 spiro atoms. The van der Waals surface area contributed by atoms with Gasteiger partial charge < -0.3 is 3.11 Å². The van der Waals surface area contributed by atoms with E-state index in [2.05, 4.69) is 64.7 Å². The first-order valence-corrected chi connectivity index (χ1v) is 4.33. The van der Waals surface area contributed by atoms with Crippen molar-refractivity contribution in [3.8, 4) is 0 Å². The summed E-state index contributed by atoms with van der Waals surface area (Å²) in [5.41, 5.74) is 2.69. The molecule has 0 radical (unpaired) electrons. The van der Waals surface area contributed by atoms with E-state index in [4.69, 9.17) is 0 Å². The Balaban J connectivity index is 3.63. The first kappa shape index (κ1) is 8.78. The van der Waals surface area contributed by atoms with Crippen LogP contribution in [0.2, 0.25) is 0 Å². The molecule has 1 nitrogen and oxygen atoms in total. The zero-order valence-corrected chi connectivity index (χ0v) is 8.88. The van der Waals surface area contributed by atoms with E-state index in [1.54, 1.807) is 0 Å². The number of halogens is 2. The number of rotatable bonds is 2. The summed E-state index contributed by atoms with van der Waals surface area (Å²) in [5, 5.41) is 0. The van der Waals surface area contributed by atoms with Crippen LogP contribution in [0.3, 0.4) is 0 Å².